The van der Waals surface area contributed by atoms with Crippen molar-refractivity contribution < 1.29 is 13.2 Å². The van der Waals surface area contributed by atoms with Gasteiger partial charge < -0.3 is 4.74 Å². The van der Waals surface area contributed by atoms with Gasteiger partial charge in [0.1, 0.15) is 11.3 Å². The van der Waals surface area contributed by atoms with Gasteiger partial charge in [0.15, 0.2) is 0 Å². The van der Waals surface area contributed by atoms with Gasteiger partial charge >= 0.3 is 0 Å². The first-order chi connectivity index (χ1) is 10.8. The van der Waals surface area contributed by atoms with Crippen LogP contribution in [-0.4, -0.2) is 27.2 Å². The molecule has 0 aliphatic rings. The second-order valence-corrected chi connectivity index (χ2v) is 8.10. The summed E-state index contributed by atoms with van der Waals surface area (Å²) in [5, 5.41) is 0.805. The van der Waals surface area contributed by atoms with Crippen molar-refractivity contribution in [3.05, 3.63) is 50.7 Å². The summed E-state index contributed by atoms with van der Waals surface area (Å²) >= 11 is 15.1. The summed E-state index contributed by atoms with van der Waals surface area (Å²) in [6.07, 6.45) is 1.42. The van der Waals surface area contributed by atoms with E-state index in [9.17, 15) is 8.42 Å². The molecular weight excluding hydrogens is 427 g/mol. The van der Waals surface area contributed by atoms with Gasteiger partial charge in [-0.15, -0.1) is 0 Å². The number of sulfonamides is 1. The fraction of sp³-hybridized carbons (Fsp3) is 0.214. The number of pyridine rings is 1. The number of hydrogen-bond donors (Lipinski definition) is 0. The minimum atomic E-state index is -3.87. The molecule has 1 aromatic heterocycles. The van der Waals surface area contributed by atoms with E-state index in [1.807, 2.05) is 0 Å². The standard InChI is InChI=1S/C14H13BrCl2N2O3S/c1-9-5-11(3-4-12(9)17)23(20,21)19(8-22-2)13-6-10(16)7-18-14(13)15/h3-7H,8H2,1-2H3. The van der Waals surface area contributed by atoms with E-state index in [1.165, 1.54) is 31.5 Å². The van der Waals surface area contributed by atoms with Crippen molar-refractivity contribution in [2.75, 3.05) is 18.1 Å². The molecule has 1 aromatic carbocycles. The van der Waals surface area contributed by atoms with Crippen LogP contribution in [0.5, 0.6) is 0 Å². The number of ether oxygens (including phenoxy) is 1. The minimum absolute atomic E-state index is 0.100. The molecule has 0 N–H and O–H groups in total. The highest BCUT2D eigenvalue weighted by atomic mass is 79.9. The fourth-order valence-electron chi connectivity index (χ4n) is 1.88. The second kappa shape index (κ2) is 7.36. The second-order valence-electron chi connectivity index (χ2n) is 4.65. The fourth-order valence-corrected chi connectivity index (χ4v) is 4.16. The Morgan fingerprint density at radius 3 is 2.61 bits per heavy atom. The maximum absolute atomic E-state index is 13.0. The Hall–Kier alpha value is -0.860. The summed E-state index contributed by atoms with van der Waals surface area (Å²) < 4.78 is 32.4. The molecule has 1 heterocycles. The van der Waals surface area contributed by atoms with E-state index in [1.54, 1.807) is 13.0 Å². The van der Waals surface area contributed by atoms with Crippen molar-refractivity contribution in [2.24, 2.45) is 0 Å². The summed E-state index contributed by atoms with van der Waals surface area (Å²) in [6.45, 7) is 1.55. The van der Waals surface area contributed by atoms with Gasteiger partial charge in [-0.2, -0.15) is 0 Å². The molecule has 0 amide bonds. The van der Waals surface area contributed by atoms with E-state index in [-0.39, 0.29) is 17.3 Å². The van der Waals surface area contributed by atoms with Crippen LogP contribution in [0.2, 0.25) is 10.0 Å². The van der Waals surface area contributed by atoms with Crippen molar-refractivity contribution in [3.8, 4) is 0 Å². The maximum Gasteiger partial charge on any atom is 0.266 e. The first-order valence-electron chi connectivity index (χ1n) is 6.36. The summed E-state index contributed by atoms with van der Waals surface area (Å²) in [5.41, 5.74) is 0.945. The molecule has 0 unspecified atom stereocenters. The van der Waals surface area contributed by atoms with Crippen LogP contribution in [0.1, 0.15) is 5.56 Å². The number of nitrogens with zero attached hydrogens (tertiary/aromatic N) is 2. The highest BCUT2D eigenvalue weighted by Gasteiger charge is 2.27. The molecule has 0 atom stereocenters. The van der Waals surface area contributed by atoms with Gasteiger partial charge in [0.05, 0.1) is 15.6 Å². The molecule has 5 nitrogen and oxygen atoms in total. The van der Waals surface area contributed by atoms with Crippen LogP contribution >= 0.6 is 39.1 Å². The summed E-state index contributed by atoms with van der Waals surface area (Å²) in [5.74, 6) is 0. The first kappa shape index (κ1) is 18.5. The van der Waals surface area contributed by atoms with E-state index in [0.717, 1.165) is 4.31 Å². The molecule has 0 aliphatic heterocycles. The van der Waals surface area contributed by atoms with Gasteiger partial charge in [-0.1, -0.05) is 23.2 Å². The average Bonchev–Trinajstić information content (AvgIpc) is 2.50. The smallest absolute Gasteiger partial charge is 0.266 e. The Kier molecular flexibility index (Phi) is 5.91. The van der Waals surface area contributed by atoms with Crippen LogP contribution in [0.3, 0.4) is 0 Å². The Morgan fingerprint density at radius 1 is 1.30 bits per heavy atom. The molecule has 0 radical (unpaired) electrons. The molecule has 0 bridgehead atoms. The van der Waals surface area contributed by atoms with Crippen molar-refractivity contribution in [3.63, 3.8) is 0 Å². The molecule has 0 aliphatic carbocycles. The quantitative estimate of drug-likeness (QED) is 0.515. The van der Waals surface area contributed by atoms with Gasteiger partial charge in [-0.25, -0.2) is 17.7 Å². The highest BCUT2D eigenvalue weighted by Crippen LogP contribution is 2.32. The lowest BCUT2D eigenvalue weighted by atomic mass is 10.2. The molecule has 2 aromatic rings. The molecular formula is C14H13BrCl2N2O3S. The largest absolute Gasteiger partial charge is 0.363 e. The van der Waals surface area contributed by atoms with Crippen LogP contribution in [0.15, 0.2) is 40.0 Å². The van der Waals surface area contributed by atoms with Crippen molar-refractivity contribution in [1.82, 2.24) is 4.98 Å². The molecule has 0 spiro atoms. The Bertz CT molecular complexity index is 831. The van der Waals surface area contributed by atoms with Crippen LogP contribution in [-0.2, 0) is 14.8 Å². The molecule has 124 valence electrons. The molecule has 9 heteroatoms. The zero-order valence-electron chi connectivity index (χ0n) is 12.3. The summed E-state index contributed by atoms with van der Waals surface area (Å²) in [7, 11) is -2.47. The first-order valence-corrected chi connectivity index (χ1v) is 9.35. The number of aromatic nitrogens is 1. The third-order valence-corrected chi connectivity index (χ3v) is 5.99. The van der Waals surface area contributed by atoms with E-state index < -0.39 is 10.0 Å². The van der Waals surface area contributed by atoms with Gasteiger partial charge in [-0.05, 0) is 52.7 Å². The number of rotatable bonds is 5. The normalized spacial score (nSPS) is 11.5. The number of halogens is 3. The molecule has 0 fully saturated rings. The van der Waals surface area contributed by atoms with E-state index in [0.29, 0.717) is 20.2 Å². The third kappa shape index (κ3) is 3.97. The van der Waals surface area contributed by atoms with Crippen molar-refractivity contribution in [1.29, 1.82) is 0 Å². The van der Waals surface area contributed by atoms with Crippen LogP contribution < -0.4 is 4.31 Å². The topological polar surface area (TPSA) is 59.5 Å². The molecule has 23 heavy (non-hydrogen) atoms. The predicted octanol–water partition coefficient (Wildman–Crippen LogP) is 4.26. The Labute approximate surface area is 153 Å². The lowest BCUT2D eigenvalue weighted by molar-refractivity contribution is 0.209. The van der Waals surface area contributed by atoms with E-state index in [4.69, 9.17) is 27.9 Å². The monoisotopic (exact) mass is 438 g/mol. The van der Waals surface area contributed by atoms with Gasteiger partial charge in [0.2, 0.25) is 0 Å². The highest BCUT2D eigenvalue weighted by molar-refractivity contribution is 9.10. The van der Waals surface area contributed by atoms with Crippen LogP contribution in [0, 0.1) is 6.92 Å². The molecule has 2 rings (SSSR count). The summed E-state index contributed by atoms with van der Waals surface area (Å²) in [6, 6.07) is 5.99. The lowest BCUT2D eigenvalue weighted by Gasteiger charge is -2.24. The number of methoxy groups -OCH3 is 1. The lowest BCUT2D eigenvalue weighted by Crippen LogP contribution is -2.33. The number of anilines is 1. The van der Waals surface area contributed by atoms with Gasteiger partial charge in [-0.3, -0.25) is 0 Å². The van der Waals surface area contributed by atoms with Crippen LogP contribution in [0.4, 0.5) is 5.69 Å². The van der Waals surface area contributed by atoms with Crippen molar-refractivity contribution in [2.45, 2.75) is 11.8 Å². The number of hydrogen-bond acceptors (Lipinski definition) is 4. The minimum Gasteiger partial charge on any atom is -0.363 e. The summed E-state index contributed by atoms with van der Waals surface area (Å²) in [4.78, 5) is 4.12. The van der Waals surface area contributed by atoms with Crippen LogP contribution in [0.25, 0.3) is 0 Å². The predicted molar refractivity (Wildman–Crippen MR) is 94.7 cm³/mol. The van der Waals surface area contributed by atoms with Gasteiger partial charge in [0, 0.05) is 18.3 Å². The SMILES string of the molecule is COCN(c1cc(Cl)cnc1Br)S(=O)(=O)c1ccc(Cl)c(C)c1. The van der Waals surface area contributed by atoms with Gasteiger partial charge in [0.25, 0.3) is 10.0 Å². The third-order valence-electron chi connectivity index (χ3n) is 3.02. The number of benzene rings is 1. The zero-order valence-corrected chi connectivity index (χ0v) is 16.2. The maximum atomic E-state index is 13.0. The van der Waals surface area contributed by atoms with E-state index >= 15 is 0 Å². The Balaban J connectivity index is 2.59. The average molecular weight is 440 g/mol. The number of aryl methyl sites for hydroxylation is 1. The molecule has 0 saturated heterocycles. The van der Waals surface area contributed by atoms with Crippen molar-refractivity contribution >= 4 is 54.8 Å². The molecule has 0 saturated carbocycles. The Morgan fingerprint density at radius 2 is 2.00 bits per heavy atom. The van der Waals surface area contributed by atoms with E-state index in [2.05, 4.69) is 20.9 Å². The zero-order chi connectivity index (χ0) is 17.2.